The third kappa shape index (κ3) is 1.73. The van der Waals surface area contributed by atoms with E-state index in [1.807, 2.05) is 6.20 Å². The van der Waals surface area contributed by atoms with Crippen LogP contribution in [-0.2, 0) is 0 Å². The molecule has 0 unspecified atom stereocenters. The summed E-state index contributed by atoms with van der Waals surface area (Å²) in [7, 11) is 0. The molecule has 0 aromatic rings. The largest absolute Gasteiger partial charge is 0.411 e. The Bertz CT molecular complexity index is 141. The van der Waals surface area contributed by atoms with Gasteiger partial charge in [-0.05, 0) is 0 Å². The maximum atomic E-state index is 8.09. The molecule has 0 amide bonds. The summed E-state index contributed by atoms with van der Waals surface area (Å²) in [5, 5.41) is 17.0. The third-order valence-electron chi connectivity index (χ3n) is 1.07. The predicted octanol–water partition coefficient (Wildman–Crippen LogP) is -0.519. The topological polar surface area (TPSA) is 56.7 Å². The molecule has 0 fully saturated rings. The average molecular weight is 127 g/mol. The first-order chi connectivity index (χ1) is 4.43. The molecule has 3 N–H and O–H groups in total. The third-order valence-corrected chi connectivity index (χ3v) is 1.07. The van der Waals surface area contributed by atoms with E-state index in [-0.39, 0.29) is 0 Å². The van der Waals surface area contributed by atoms with E-state index in [0.29, 0.717) is 0 Å². The van der Waals surface area contributed by atoms with Crippen molar-refractivity contribution in [2.75, 3.05) is 13.2 Å². The van der Waals surface area contributed by atoms with Crippen molar-refractivity contribution in [1.82, 2.24) is 10.6 Å². The first kappa shape index (κ1) is 6.10. The van der Waals surface area contributed by atoms with Gasteiger partial charge in [-0.3, -0.25) is 5.32 Å². The monoisotopic (exact) mass is 127 g/mol. The highest BCUT2D eigenvalue weighted by Crippen LogP contribution is 1.88. The molecule has 0 radical (unpaired) electrons. The van der Waals surface area contributed by atoms with Gasteiger partial charge in [0.25, 0.3) is 0 Å². The Labute approximate surface area is 53.2 Å². The van der Waals surface area contributed by atoms with Crippen LogP contribution in [0.3, 0.4) is 0 Å². The SMILES string of the molecule is ON=CC1=CNCNC1. The maximum Gasteiger partial charge on any atom is 0.0720 e. The zero-order valence-corrected chi connectivity index (χ0v) is 4.96. The van der Waals surface area contributed by atoms with Crippen LogP contribution in [-0.4, -0.2) is 24.6 Å². The van der Waals surface area contributed by atoms with Gasteiger partial charge in [0.05, 0.1) is 12.9 Å². The Morgan fingerprint density at radius 1 is 1.78 bits per heavy atom. The standard InChI is InChI=1S/C5H9N3O/c9-8-3-5-1-6-4-7-2-5/h1,3,6-7,9H,2,4H2. The molecule has 9 heavy (non-hydrogen) atoms. The summed E-state index contributed by atoms with van der Waals surface area (Å²) in [6.07, 6.45) is 3.22. The second kappa shape index (κ2) is 3.09. The molecular weight excluding hydrogens is 118 g/mol. The molecule has 0 aromatic carbocycles. The van der Waals surface area contributed by atoms with Gasteiger partial charge in [-0.2, -0.15) is 0 Å². The van der Waals surface area contributed by atoms with Crippen LogP contribution in [0.25, 0.3) is 0 Å². The summed E-state index contributed by atoms with van der Waals surface area (Å²) in [6, 6.07) is 0. The van der Waals surface area contributed by atoms with Crippen LogP contribution in [0.5, 0.6) is 0 Å². The molecule has 4 heteroatoms. The number of rotatable bonds is 1. The van der Waals surface area contributed by atoms with E-state index in [1.54, 1.807) is 0 Å². The zero-order chi connectivity index (χ0) is 6.53. The van der Waals surface area contributed by atoms with Crippen LogP contribution in [0, 0.1) is 0 Å². The van der Waals surface area contributed by atoms with Crippen molar-refractivity contribution in [2.24, 2.45) is 5.16 Å². The van der Waals surface area contributed by atoms with Gasteiger partial charge < -0.3 is 10.5 Å². The molecule has 0 saturated heterocycles. The highest BCUT2D eigenvalue weighted by atomic mass is 16.4. The molecule has 1 rings (SSSR count). The minimum atomic E-state index is 0.761. The second-order valence-corrected chi connectivity index (χ2v) is 1.77. The molecule has 0 atom stereocenters. The quantitative estimate of drug-likeness (QED) is 0.252. The van der Waals surface area contributed by atoms with Gasteiger partial charge in [-0.25, -0.2) is 0 Å². The summed E-state index contributed by atoms with van der Waals surface area (Å²) < 4.78 is 0. The van der Waals surface area contributed by atoms with Crippen LogP contribution >= 0.6 is 0 Å². The fourth-order valence-electron chi connectivity index (χ4n) is 0.669. The van der Waals surface area contributed by atoms with Gasteiger partial charge in [0.15, 0.2) is 0 Å². The molecule has 1 heterocycles. The van der Waals surface area contributed by atoms with Crippen molar-refractivity contribution < 1.29 is 5.21 Å². The smallest absolute Gasteiger partial charge is 0.0720 e. The molecule has 0 bridgehead atoms. The molecule has 0 aliphatic carbocycles. The lowest BCUT2D eigenvalue weighted by atomic mass is 10.3. The van der Waals surface area contributed by atoms with Gasteiger partial charge in [0.2, 0.25) is 0 Å². The fourth-order valence-corrected chi connectivity index (χ4v) is 0.669. The lowest BCUT2D eigenvalue weighted by molar-refractivity contribution is 0.321. The highest BCUT2D eigenvalue weighted by Gasteiger charge is 1.96. The van der Waals surface area contributed by atoms with Crippen molar-refractivity contribution in [3.8, 4) is 0 Å². The summed E-state index contributed by atoms with van der Waals surface area (Å²) in [4.78, 5) is 0. The normalized spacial score (nSPS) is 19.3. The second-order valence-electron chi connectivity index (χ2n) is 1.77. The Morgan fingerprint density at radius 2 is 2.67 bits per heavy atom. The molecule has 1 aliphatic heterocycles. The molecule has 50 valence electrons. The first-order valence-corrected chi connectivity index (χ1v) is 2.74. The van der Waals surface area contributed by atoms with Gasteiger partial charge >= 0.3 is 0 Å². The fraction of sp³-hybridized carbons (Fsp3) is 0.400. The summed E-state index contributed by atoms with van der Waals surface area (Å²) >= 11 is 0. The van der Waals surface area contributed by atoms with E-state index < -0.39 is 0 Å². The van der Waals surface area contributed by atoms with Crippen molar-refractivity contribution in [3.63, 3.8) is 0 Å². The van der Waals surface area contributed by atoms with Gasteiger partial charge in [0, 0.05) is 18.3 Å². The number of oxime groups is 1. The molecule has 0 saturated carbocycles. The number of hydrogen-bond acceptors (Lipinski definition) is 4. The van der Waals surface area contributed by atoms with E-state index in [2.05, 4.69) is 15.8 Å². The lowest BCUT2D eigenvalue weighted by Gasteiger charge is -2.11. The number of nitrogens with zero attached hydrogens (tertiary/aromatic N) is 1. The predicted molar refractivity (Wildman–Crippen MR) is 34.4 cm³/mol. The van der Waals surface area contributed by atoms with Crippen LogP contribution < -0.4 is 10.6 Å². The molecular formula is C5H9N3O. The van der Waals surface area contributed by atoms with Crippen LogP contribution in [0.15, 0.2) is 16.9 Å². The van der Waals surface area contributed by atoms with Crippen molar-refractivity contribution in [3.05, 3.63) is 11.8 Å². The van der Waals surface area contributed by atoms with E-state index in [0.717, 1.165) is 18.8 Å². The number of hydrogen-bond donors (Lipinski definition) is 3. The van der Waals surface area contributed by atoms with Crippen molar-refractivity contribution >= 4 is 6.21 Å². The zero-order valence-electron chi connectivity index (χ0n) is 4.96. The minimum absolute atomic E-state index is 0.761. The van der Waals surface area contributed by atoms with Crippen molar-refractivity contribution in [1.29, 1.82) is 0 Å². The Morgan fingerprint density at radius 3 is 3.22 bits per heavy atom. The van der Waals surface area contributed by atoms with Gasteiger partial charge in [-0.1, -0.05) is 5.16 Å². The number of nitrogens with one attached hydrogen (secondary N) is 2. The summed E-state index contributed by atoms with van der Waals surface area (Å²) in [5.41, 5.74) is 0.948. The average Bonchev–Trinajstić information content (AvgIpc) is 1.91. The van der Waals surface area contributed by atoms with E-state index in [1.165, 1.54) is 6.21 Å². The van der Waals surface area contributed by atoms with E-state index in [4.69, 9.17) is 5.21 Å². The molecule has 4 nitrogen and oxygen atoms in total. The molecule has 0 spiro atoms. The lowest BCUT2D eigenvalue weighted by Crippen LogP contribution is -2.32. The molecule has 1 aliphatic rings. The van der Waals surface area contributed by atoms with E-state index in [9.17, 15) is 0 Å². The Kier molecular flexibility index (Phi) is 2.09. The minimum Gasteiger partial charge on any atom is -0.411 e. The van der Waals surface area contributed by atoms with Gasteiger partial charge in [0.1, 0.15) is 0 Å². The van der Waals surface area contributed by atoms with Crippen LogP contribution in [0.1, 0.15) is 0 Å². The molecule has 0 aromatic heterocycles. The van der Waals surface area contributed by atoms with Crippen LogP contribution in [0.4, 0.5) is 0 Å². The van der Waals surface area contributed by atoms with Gasteiger partial charge in [-0.15, -0.1) is 0 Å². The Hall–Kier alpha value is -1.03. The summed E-state index contributed by atoms with van der Waals surface area (Å²) in [5.74, 6) is 0. The van der Waals surface area contributed by atoms with Crippen LogP contribution in [0.2, 0.25) is 0 Å². The maximum absolute atomic E-state index is 8.09. The Balaban J connectivity index is 2.46. The van der Waals surface area contributed by atoms with E-state index >= 15 is 0 Å². The first-order valence-electron chi connectivity index (χ1n) is 2.74. The van der Waals surface area contributed by atoms with Crippen molar-refractivity contribution in [2.45, 2.75) is 0 Å². The highest BCUT2D eigenvalue weighted by molar-refractivity contribution is 5.78. The summed E-state index contributed by atoms with van der Waals surface area (Å²) in [6.45, 7) is 1.54.